The maximum absolute atomic E-state index is 12.6. The molecule has 1 N–H and O–H groups in total. The van der Waals surface area contributed by atoms with Crippen LogP contribution < -0.4 is 10.2 Å². The minimum Gasteiger partial charge on any atom is -0.378 e. The highest BCUT2D eigenvalue weighted by molar-refractivity contribution is 5.73. The van der Waals surface area contributed by atoms with Crippen molar-refractivity contribution >= 4 is 11.7 Å². The van der Waals surface area contributed by atoms with Crippen molar-refractivity contribution in [2.45, 2.75) is 19.3 Å². The monoisotopic (exact) mass is 365 g/mol. The molecule has 26 heavy (non-hydrogen) atoms. The van der Waals surface area contributed by atoms with E-state index in [0.717, 1.165) is 23.4 Å². The number of carbonyl (C=O) groups excluding carboxylic acids is 1. The Bertz CT molecular complexity index is 725. The van der Waals surface area contributed by atoms with Gasteiger partial charge in [0.2, 0.25) is 0 Å². The Morgan fingerprint density at radius 2 is 1.46 bits per heavy atom. The molecule has 4 nitrogen and oxygen atoms in total. The normalized spacial score (nSPS) is 11.2. The first-order valence-electron chi connectivity index (χ1n) is 8.08. The third-order valence-corrected chi connectivity index (χ3v) is 3.94. The van der Waals surface area contributed by atoms with Crippen LogP contribution >= 0.6 is 0 Å². The van der Waals surface area contributed by atoms with Crippen LogP contribution in [0.25, 0.3) is 0 Å². The number of nitrogens with zero attached hydrogens (tertiary/aromatic N) is 2. The lowest BCUT2D eigenvalue weighted by molar-refractivity contribution is -0.137. The van der Waals surface area contributed by atoms with Crippen molar-refractivity contribution in [3.8, 4) is 0 Å². The second-order valence-corrected chi connectivity index (χ2v) is 6.27. The molecule has 0 spiro atoms. The minimum absolute atomic E-state index is 0.226. The number of nitrogens with one attached hydrogen (secondary N) is 1. The molecule has 0 heterocycles. The molecule has 2 rings (SSSR count). The number of halogens is 3. The molecular formula is C19H22F3N3O. The zero-order valence-electron chi connectivity index (χ0n) is 15.0. The van der Waals surface area contributed by atoms with Crippen molar-refractivity contribution in [2.75, 3.05) is 26.0 Å². The Kier molecular flexibility index (Phi) is 6.13. The van der Waals surface area contributed by atoms with Gasteiger partial charge in [0.25, 0.3) is 0 Å². The molecule has 2 aromatic carbocycles. The molecule has 2 aromatic rings. The Morgan fingerprint density at radius 3 is 1.96 bits per heavy atom. The van der Waals surface area contributed by atoms with Crippen LogP contribution in [0.15, 0.2) is 48.5 Å². The molecule has 0 saturated carbocycles. The summed E-state index contributed by atoms with van der Waals surface area (Å²) in [6, 6.07) is 12.3. The van der Waals surface area contributed by atoms with Crippen LogP contribution in [0.1, 0.15) is 16.7 Å². The summed E-state index contributed by atoms with van der Waals surface area (Å²) >= 11 is 0. The SMILES string of the molecule is CN(Cc1ccc(C(F)(F)F)cc1)C(=O)NCc1ccc(N(C)C)cc1. The van der Waals surface area contributed by atoms with Gasteiger partial charge in [0, 0.05) is 39.9 Å². The molecule has 0 unspecified atom stereocenters. The Labute approximate surface area is 151 Å². The van der Waals surface area contributed by atoms with Gasteiger partial charge < -0.3 is 15.1 Å². The van der Waals surface area contributed by atoms with Crippen LogP contribution in [-0.2, 0) is 19.3 Å². The van der Waals surface area contributed by atoms with Gasteiger partial charge in [-0.1, -0.05) is 24.3 Å². The molecule has 0 bridgehead atoms. The summed E-state index contributed by atoms with van der Waals surface area (Å²) in [4.78, 5) is 15.6. The number of urea groups is 1. The highest BCUT2D eigenvalue weighted by atomic mass is 19.4. The average molecular weight is 365 g/mol. The molecule has 0 aliphatic heterocycles. The fourth-order valence-electron chi connectivity index (χ4n) is 2.37. The van der Waals surface area contributed by atoms with Crippen LogP contribution in [0.5, 0.6) is 0 Å². The number of benzene rings is 2. The average Bonchev–Trinajstić information content (AvgIpc) is 2.59. The van der Waals surface area contributed by atoms with Gasteiger partial charge in [-0.2, -0.15) is 13.2 Å². The molecule has 0 radical (unpaired) electrons. The standard InChI is InChI=1S/C19H22F3N3O/c1-24(2)17-10-6-14(7-11-17)12-23-18(26)25(3)13-15-4-8-16(9-5-15)19(20,21)22/h4-11H,12-13H2,1-3H3,(H,23,26). The second kappa shape index (κ2) is 8.12. The lowest BCUT2D eigenvalue weighted by Crippen LogP contribution is -2.36. The molecule has 0 aliphatic rings. The first-order valence-corrected chi connectivity index (χ1v) is 8.08. The number of carbonyl (C=O) groups is 1. The van der Waals surface area contributed by atoms with Gasteiger partial charge in [-0.25, -0.2) is 4.79 Å². The molecule has 0 saturated heterocycles. The number of rotatable bonds is 5. The molecule has 0 atom stereocenters. The van der Waals surface area contributed by atoms with Crippen molar-refractivity contribution in [1.82, 2.24) is 10.2 Å². The number of anilines is 1. The van der Waals surface area contributed by atoms with E-state index in [0.29, 0.717) is 12.1 Å². The predicted octanol–water partition coefficient (Wildman–Crippen LogP) is 4.11. The van der Waals surface area contributed by atoms with E-state index in [-0.39, 0.29) is 12.6 Å². The van der Waals surface area contributed by atoms with E-state index < -0.39 is 11.7 Å². The quantitative estimate of drug-likeness (QED) is 0.865. The number of alkyl halides is 3. The lowest BCUT2D eigenvalue weighted by atomic mass is 10.1. The molecule has 140 valence electrons. The minimum atomic E-state index is -4.36. The van der Waals surface area contributed by atoms with E-state index in [1.165, 1.54) is 17.0 Å². The van der Waals surface area contributed by atoms with Gasteiger partial charge in [-0.05, 0) is 35.4 Å². The predicted molar refractivity (Wildman–Crippen MR) is 95.9 cm³/mol. The van der Waals surface area contributed by atoms with Crippen LogP contribution in [0.4, 0.5) is 23.7 Å². The molecule has 0 aliphatic carbocycles. The topological polar surface area (TPSA) is 35.6 Å². The molecule has 7 heteroatoms. The molecule has 0 fully saturated rings. The third-order valence-electron chi connectivity index (χ3n) is 3.94. The second-order valence-electron chi connectivity index (χ2n) is 6.27. The van der Waals surface area contributed by atoms with Gasteiger partial charge in [0.1, 0.15) is 0 Å². The van der Waals surface area contributed by atoms with Crippen molar-refractivity contribution in [1.29, 1.82) is 0 Å². The van der Waals surface area contributed by atoms with E-state index in [4.69, 9.17) is 0 Å². The largest absolute Gasteiger partial charge is 0.416 e. The van der Waals surface area contributed by atoms with Crippen LogP contribution in [-0.4, -0.2) is 32.1 Å². The van der Waals surface area contributed by atoms with E-state index in [9.17, 15) is 18.0 Å². The van der Waals surface area contributed by atoms with Gasteiger partial charge in [0.05, 0.1) is 5.56 Å². The summed E-state index contributed by atoms with van der Waals surface area (Å²) < 4.78 is 37.7. The number of hydrogen-bond donors (Lipinski definition) is 1. The fraction of sp³-hybridized carbons (Fsp3) is 0.316. The summed E-state index contributed by atoms with van der Waals surface area (Å²) in [7, 11) is 5.50. The first kappa shape index (κ1) is 19.6. The molecule has 2 amide bonds. The van der Waals surface area contributed by atoms with Gasteiger partial charge >= 0.3 is 12.2 Å². The van der Waals surface area contributed by atoms with E-state index >= 15 is 0 Å². The summed E-state index contributed by atoms with van der Waals surface area (Å²) in [5.41, 5.74) is 1.96. The summed E-state index contributed by atoms with van der Waals surface area (Å²) in [5.74, 6) is 0. The van der Waals surface area contributed by atoms with Crippen molar-refractivity contribution in [3.05, 3.63) is 65.2 Å². The van der Waals surface area contributed by atoms with E-state index in [1.807, 2.05) is 43.3 Å². The first-order chi connectivity index (χ1) is 12.2. The zero-order valence-corrected chi connectivity index (χ0v) is 15.0. The van der Waals surface area contributed by atoms with Gasteiger partial charge in [-0.15, -0.1) is 0 Å². The lowest BCUT2D eigenvalue weighted by Gasteiger charge is -2.19. The third kappa shape index (κ3) is 5.40. The number of hydrogen-bond acceptors (Lipinski definition) is 2. The Balaban J connectivity index is 1.87. The van der Waals surface area contributed by atoms with Crippen molar-refractivity contribution in [3.63, 3.8) is 0 Å². The smallest absolute Gasteiger partial charge is 0.378 e. The molecule has 0 aromatic heterocycles. The van der Waals surface area contributed by atoms with Crippen molar-refractivity contribution < 1.29 is 18.0 Å². The van der Waals surface area contributed by atoms with Crippen LogP contribution in [0.3, 0.4) is 0 Å². The highest BCUT2D eigenvalue weighted by Gasteiger charge is 2.29. The van der Waals surface area contributed by atoms with E-state index in [1.54, 1.807) is 7.05 Å². The fourth-order valence-corrected chi connectivity index (χ4v) is 2.37. The highest BCUT2D eigenvalue weighted by Crippen LogP contribution is 2.29. The molecular weight excluding hydrogens is 343 g/mol. The van der Waals surface area contributed by atoms with Gasteiger partial charge in [0.15, 0.2) is 0 Å². The van der Waals surface area contributed by atoms with Gasteiger partial charge in [-0.3, -0.25) is 0 Å². The summed E-state index contributed by atoms with van der Waals surface area (Å²) in [6.45, 7) is 0.605. The van der Waals surface area contributed by atoms with Crippen molar-refractivity contribution in [2.24, 2.45) is 0 Å². The maximum Gasteiger partial charge on any atom is 0.416 e. The van der Waals surface area contributed by atoms with Crippen LogP contribution in [0.2, 0.25) is 0 Å². The van der Waals surface area contributed by atoms with E-state index in [2.05, 4.69) is 5.32 Å². The maximum atomic E-state index is 12.6. The number of amides is 2. The zero-order chi connectivity index (χ0) is 19.3. The van der Waals surface area contributed by atoms with Crippen LogP contribution in [0, 0.1) is 0 Å². The Hall–Kier alpha value is -2.70. The summed E-state index contributed by atoms with van der Waals surface area (Å²) in [5, 5.41) is 2.80. The summed E-state index contributed by atoms with van der Waals surface area (Å²) in [6.07, 6.45) is -4.36. The Morgan fingerprint density at radius 1 is 0.923 bits per heavy atom.